The van der Waals surface area contributed by atoms with Crippen molar-refractivity contribution in [1.29, 1.82) is 0 Å². The molecular formula is C12H17BFNO3. The number of nitrogens with one attached hydrogen (secondary N) is 1. The van der Waals surface area contributed by atoms with Gasteiger partial charge in [-0.2, -0.15) is 0 Å². The highest BCUT2D eigenvalue weighted by atomic mass is 19.1. The first-order valence-electron chi connectivity index (χ1n) is 6.12. The Labute approximate surface area is 106 Å². The van der Waals surface area contributed by atoms with Gasteiger partial charge >= 0.3 is 7.12 Å². The second-order valence-corrected chi connectivity index (χ2v) is 4.50. The third-order valence-electron chi connectivity index (χ3n) is 3.15. The van der Waals surface area contributed by atoms with Gasteiger partial charge in [0.15, 0.2) is 0 Å². The number of halogens is 1. The van der Waals surface area contributed by atoms with Crippen molar-refractivity contribution in [2.45, 2.75) is 25.4 Å². The summed E-state index contributed by atoms with van der Waals surface area (Å²) in [6.45, 7) is 2.12. The second-order valence-electron chi connectivity index (χ2n) is 4.50. The Morgan fingerprint density at radius 2 is 2.06 bits per heavy atom. The van der Waals surface area contributed by atoms with Gasteiger partial charge in [0.2, 0.25) is 0 Å². The van der Waals surface area contributed by atoms with E-state index in [1.165, 1.54) is 12.1 Å². The van der Waals surface area contributed by atoms with Crippen LogP contribution in [0.3, 0.4) is 0 Å². The Morgan fingerprint density at radius 1 is 1.33 bits per heavy atom. The summed E-state index contributed by atoms with van der Waals surface area (Å²) >= 11 is 0. The summed E-state index contributed by atoms with van der Waals surface area (Å²) in [5, 5.41) is 21.4. The summed E-state index contributed by atoms with van der Waals surface area (Å²) in [5.41, 5.74) is 0.757. The molecular weight excluding hydrogens is 236 g/mol. The van der Waals surface area contributed by atoms with E-state index in [-0.39, 0.29) is 5.46 Å². The minimum atomic E-state index is -1.77. The van der Waals surface area contributed by atoms with Crippen molar-refractivity contribution in [3.05, 3.63) is 29.6 Å². The van der Waals surface area contributed by atoms with Crippen LogP contribution in [0.5, 0.6) is 0 Å². The Hall–Kier alpha value is -0.945. The van der Waals surface area contributed by atoms with Gasteiger partial charge in [0.05, 0.1) is 0 Å². The highest BCUT2D eigenvalue weighted by Gasteiger charge is 2.17. The van der Waals surface area contributed by atoms with Gasteiger partial charge in [-0.1, -0.05) is 12.1 Å². The van der Waals surface area contributed by atoms with Crippen molar-refractivity contribution in [1.82, 2.24) is 5.32 Å². The highest BCUT2D eigenvalue weighted by molar-refractivity contribution is 6.58. The third kappa shape index (κ3) is 3.52. The van der Waals surface area contributed by atoms with E-state index in [1.54, 1.807) is 6.07 Å². The topological polar surface area (TPSA) is 61.7 Å². The number of rotatable bonds is 4. The molecule has 98 valence electrons. The van der Waals surface area contributed by atoms with E-state index in [0.29, 0.717) is 12.6 Å². The fourth-order valence-electron chi connectivity index (χ4n) is 2.06. The summed E-state index contributed by atoms with van der Waals surface area (Å²) in [5.74, 6) is -0.597. The van der Waals surface area contributed by atoms with Gasteiger partial charge in [0.1, 0.15) is 5.82 Å². The molecule has 1 aliphatic heterocycles. The molecule has 0 bridgehead atoms. The van der Waals surface area contributed by atoms with Gasteiger partial charge in [-0.25, -0.2) is 4.39 Å². The maximum atomic E-state index is 13.3. The van der Waals surface area contributed by atoms with Crippen molar-refractivity contribution in [3.63, 3.8) is 0 Å². The molecule has 1 aromatic carbocycles. The van der Waals surface area contributed by atoms with Crippen LogP contribution in [0.25, 0.3) is 0 Å². The quantitative estimate of drug-likeness (QED) is 0.649. The number of ether oxygens (including phenoxy) is 1. The van der Waals surface area contributed by atoms with Crippen LogP contribution in [0.2, 0.25) is 0 Å². The first kappa shape index (κ1) is 13.5. The maximum absolute atomic E-state index is 13.3. The van der Waals surface area contributed by atoms with Gasteiger partial charge in [-0.05, 0) is 24.5 Å². The average molecular weight is 253 g/mol. The summed E-state index contributed by atoms with van der Waals surface area (Å²) < 4.78 is 18.5. The van der Waals surface area contributed by atoms with Gasteiger partial charge in [0, 0.05) is 31.3 Å². The number of benzene rings is 1. The number of hydrogen-bond acceptors (Lipinski definition) is 4. The molecule has 1 aromatic rings. The van der Waals surface area contributed by atoms with Crippen LogP contribution in [0, 0.1) is 5.82 Å². The molecule has 1 fully saturated rings. The number of hydrogen-bond donors (Lipinski definition) is 3. The minimum Gasteiger partial charge on any atom is -0.423 e. The molecule has 0 spiro atoms. The SMILES string of the molecule is OB(O)c1cc(CNC2CCOCC2)ccc1F. The lowest BCUT2D eigenvalue weighted by Crippen LogP contribution is -2.36. The Morgan fingerprint density at radius 3 is 2.72 bits per heavy atom. The molecule has 1 heterocycles. The minimum absolute atomic E-state index is 0.0822. The molecule has 0 amide bonds. The molecule has 18 heavy (non-hydrogen) atoms. The largest absolute Gasteiger partial charge is 0.491 e. The monoisotopic (exact) mass is 253 g/mol. The molecule has 0 atom stereocenters. The molecule has 3 N–H and O–H groups in total. The van der Waals surface area contributed by atoms with E-state index >= 15 is 0 Å². The van der Waals surface area contributed by atoms with Crippen LogP contribution in [-0.4, -0.2) is 36.4 Å². The smallest absolute Gasteiger partial charge is 0.423 e. The van der Waals surface area contributed by atoms with Crippen molar-refractivity contribution < 1.29 is 19.2 Å². The lowest BCUT2D eigenvalue weighted by Gasteiger charge is -2.23. The molecule has 1 saturated heterocycles. The molecule has 4 nitrogen and oxygen atoms in total. The predicted octanol–water partition coefficient (Wildman–Crippen LogP) is -0.226. The van der Waals surface area contributed by atoms with Crippen molar-refractivity contribution >= 4 is 12.6 Å². The summed E-state index contributed by atoms with van der Waals surface area (Å²) in [4.78, 5) is 0. The van der Waals surface area contributed by atoms with E-state index in [2.05, 4.69) is 5.32 Å². The zero-order chi connectivity index (χ0) is 13.0. The molecule has 6 heteroatoms. The Bertz CT molecular complexity index is 397. The maximum Gasteiger partial charge on any atom is 0.491 e. The zero-order valence-corrected chi connectivity index (χ0v) is 10.1. The predicted molar refractivity (Wildman–Crippen MR) is 66.9 cm³/mol. The fourth-order valence-corrected chi connectivity index (χ4v) is 2.06. The lowest BCUT2D eigenvalue weighted by atomic mass is 9.79. The van der Waals surface area contributed by atoms with Crippen molar-refractivity contribution in [3.8, 4) is 0 Å². The summed E-state index contributed by atoms with van der Waals surface area (Å²) in [6, 6.07) is 4.79. The lowest BCUT2D eigenvalue weighted by molar-refractivity contribution is 0.0776. The zero-order valence-electron chi connectivity index (χ0n) is 10.1. The normalized spacial score (nSPS) is 16.8. The van der Waals surface area contributed by atoms with E-state index in [4.69, 9.17) is 14.8 Å². The van der Waals surface area contributed by atoms with Crippen LogP contribution >= 0.6 is 0 Å². The molecule has 0 unspecified atom stereocenters. The van der Waals surface area contributed by atoms with Crippen LogP contribution < -0.4 is 10.8 Å². The standard InChI is InChI=1S/C12H17BFNO3/c14-12-2-1-9(7-11(12)13(16)17)8-15-10-3-5-18-6-4-10/h1-2,7,10,15-17H,3-6,8H2. The average Bonchev–Trinajstić information content (AvgIpc) is 2.38. The molecule has 1 aliphatic rings. The molecule has 0 radical (unpaired) electrons. The fraction of sp³-hybridized carbons (Fsp3) is 0.500. The van der Waals surface area contributed by atoms with E-state index in [1.807, 2.05) is 0 Å². The summed E-state index contributed by atoms with van der Waals surface area (Å²) in [7, 11) is -1.77. The van der Waals surface area contributed by atoms with Crippen LogP contribution in [-0.2, 0) is 11.3 Å². The van der Waals surface area contributed by atoms with Crippen LogP contribution in [0.4, 0.5) is 4.39 Å². The molecule has 0 aromatic heterocycles. The van der Waals surface area contributed by atoms with Gasteiger partial charge in [-0.3, -0.25) is 0 Å². The van der Waals surface area contributed by atoms with Crippen LogP contribution in [0.1, 0.15) is 18.4 Å². The molecule has 2 rings (SSSR count). The van der Waals surface area contributed by atoms with E-state index in [9.17, 15) is 4.39 Å². The van der Waals surface area contributed by atoms with Crippen molar-refractivity contribution in [2.24, 2.45) is 0 Å². The third-order valence-corrected chi connectivity index (χ3v) is 3.15. The highest BCUT2D eigenvalue weighted by Crippen LogP contribution is 2.08. The van der Waals surface area contributed by atoms with E-state index in [0.717, 1.165) is 31.6 Å². The Balaban J connectivity index is 1.94. The molecule has 0 saturated carbocycles. The first-order chi connectivity index (χ1) is 8.66. The van der Waals surface area contributed by atoms with E-state index < -0.39 is 12.9 Å². The summed E-state index contributed by atoms with van der Waals surface area (Å²) in [6.07, 6.45) is 1.94. The Kier molecular flexibility index (Phi) is 4.71. The first-order valence-corrected chi connectivity index (χ1v) is 6.12. The van der Waals surface area contributed by atoms with Crippen molar-refractivity contribution in [2.75, 3.05) is 13.2 Å². The van der Waals surface area contributed by atoms with Gasteiger partial charge in [-0.15, -0.1) is 0 Å². The van der Waals surface area contributed by atoms with Crippen LogP contribution in [0.15, 0.2) is 18.2 Å². The molecule has 0 aliphatic carbocycles. The van der Waals surface area contributed by atoms with Gasteiger partial charge in [0.25, 0.3) is 0 Å². The van der Waals surface area contributed by atoms with Gasteiger partial charge < -0.3 is 20.1 Å². The second kappa shape index (κ2) is 6.29.